The molecule has 1 aliphatic rings. The Morgan fingerprint density at radius 3 is 2.71 bits per heavy atom. The number of hydrogen-bond donors (Lipinski definition) is 1. The molecular weight excluding hydrogens is 262 g/mol. The molecule has 0 aromatic carbocycles. The molecule has 5 nitrogen and oxygen atoms in total. The summed E-state index contributed by atoms with van der Waals surface area (Å²) in [7, 11) is 3.97. The molecule has 0 spiro atoms. The Kier molecular flexibility index (Phi) is 3.73. The van der Waals surface area contributed by atoms with Crippen LogP contribution >= 0.6 is 0 Å². The minimum Gasteiger partial charge on any atom is -0.373 e. The van der Waals surface area contributed by atoms with Gasteiger partial charge < -0.3 is 10.2 Å². The van der Waals surface area contributed by atoms with Crippen molar-refractivity contribution in [2.24, 2.45) is 0 Å². The normalized spacial score (nSPS) is 14.0. The molecule has 1 saturated carbocycles. The molecule has 0 unspecified atom stereocenters. The molecule has 21 heavy (non-hydrogen) atoms. The van der Waals surface area contributed by atoms with E-state index in [9.17, 15) is 0 Å². The summed E-state index contributed by atoms with van der Waals surface area (Å²) in [6, 6.07) is 5.98. The maximum atomic E-state index is 4.79. The lowest BCUT2D eigenvalue weighted by molar-refractivity contribution is 0.829. The third-order valence-corrected chi connectivity index (χ3v) is 3.80. The number of nitrogens with zero attached hydrogens (tertiary/aromatic N) is 4. The van der Waals surface area contributed by atoms with E-state index < -0.39 is 0 Å². The molecule has 0 radical (unpaired) electrons. The minimum absolute atomic E-state index is 0.541. The molecular formula is C16H21N5. The lowest BCUT2D eigenvalue weighted by Crippen LogP contribution is -2.21. The molecule has 2 aromatic rings. The van der Waals surface area contributed by atoms with Crippen molar-refractivity contribution in [2.45, 2.75) is 32.2 Å². The average Bonchev–Trinajstić information content (AvgIpc) is 3.33. The van der Waals surface area contributed by atoms with Crippen LogP contribution in [0.5, 0.6) is 0 Å². The SMILES string of the molecule is CNc1nc(C2CC2)nc(N(C)Cc2ccccn2)c1C. The van der Waals surface area contributed by atoms with E-state index in [1.54, 1.807) is 0 Å². The van der Waals surface area contributed by atoms with Gasteiger partial charge in [-0.05, 0) is 31.9 Å². The second-order valence-corrected chi connectivity index (χ2v) is 5.58. The zero-order valence-electron chi connectivity index (χ0n) is 12.8. The van der Waals surface area contributed by atoms with Crippen LogP contribution in [-0.4, -0.2) is 29.0 Å². The van der Waals surface area contributed by atoms with E-state index in [1.807, 2.05) is 31.4 Å². The van der Waals surface area contributed by atoms with Crippen molar-refractivity contribution in [3.63, 3.8) is 0 Å². The van der Waals surface area contributed by atoms with Crippen molar-refractivity contribution < 1.29 is 0 Å². The first-order chi connectivity index (χ1) is 10.2. The Balaban J connectivity index is 1.90. The van der Waals surface area contributed by atoms with Gasteiger partial charge in [0.1, 0.15) is 17.5 Å². The predicted molar refractivity (Wildman–Crippen MR) is 84.6 cm³/mol. The molecule has 3 rings (SSSR count). The molecule has 0 amide bonds. The molecule has 1 fully saturated rings. The fraction of sp³-hybridized carbons (Fsp3) is 0.438. The first-order valence-electron chi connectivity index (χ1n) is 7.36. The van der Waals surface area contributed by atoms with Crippen molar-refractivity contribution in [1.82, 2.24) is 15.0 Å². The number of nitrogens with one attached hydrogen (secondary N) is 1. The lowest BCUT2D eigenvalue weighted by Gasteiger charge is -2.22. The van der Waals surface area contributed by atoms with Gasteiger partial charge in [0.05, 0.1) is 12.2 Å². The van der Waals surface area contributed by atoms with Gasteiger partial charge >= 0.3 is 0 Å². The summed E-state index contributed by atoms with van der Waals surface area (Å²) in [4.78, 5) is 16.0. The third-order valence-electron chi connectivity index (χ3n) is 3.80. The Bertz CT molecular complexity index is 622. The van der Waals surface area contributed by atoms with Gasteiger partial charge in [0, 0.05) is 31.8 Å². The van der Waals surface area contributed by atoms with Crippen molar-refractivity contribution in [3.05, 3.63) is 41.5 Å². The second-order valence-electron chi connectivity index (χ2n) is 5.58. The van der Waals surface area contributed by atoms with Crippen LogP contribution in [0.15, 0.2) is 24.4 Å². The number of pyridine rings is 1. The standard InChI is InChI=1S/C16H21N5/c1-11-14(17-2)19-15(12-7-8-12)20-16(11)21(3)10-13-6-4-5-9-18-13/h4-6,9,12H,7-8,10H2,1-3H3,(H,17,19,20). The van der Waals surface area contributed by atoms with Gasteiger partial charge in [-0.3, -0.25) is 4.98 Å². The number of rotatable bonds is 5. The number of aromatic nitrogens is 3. The fourth-order valence-electron chi connectivity index (χ4n) is 2.47. The summed E-state index contributed by atoms with van der Waals surface area (Å²) in [6.45, 7) is 2.80. The summed E-state index contributed by atoms with van der Waals surface area (Å²) in [6.07, 6.45) is 4.23. The molecule has 0 saturated heterocycles. The zero-order chi connectivity index (χ0) is 14.8. The lowest BCUT2D eigenvalue weighted by atomic mass is 10.2. The molecule has 5 heteroatoms. The first-order valence-corrected chi connectivity index (χ1v) is 7.36. The van der Waals surface area contributed by atoms with E-state index in [4.69, 9.17) is 4.98 Å². The molecule has 1 aliphatic carbocycles. The molecule has 0 bridgehead atoms. The van der Waals surface area contributed by atoms with Crippen molar-refractivity contribution in [1.29, 1.82) is 0 Å². The van der Waals surface area contributed by atoms with Crippen molar-refractivity contribution in [3.8, 4) is 0 Å². The Labute approximate surface area is 125 Å². The molecule has 2 aromatic heterocycles. The summed E-state index contributed by atoms with van der Waals surface area (Å²) >= 11 is 0. The van der Waals surface area contributed by atoms with Gasteiger partial charge in [-0.15, -0.1) is 0 Å². The molecule has 0 aliphatic heterocycles. The van der Waals surface area contributed by atoms with Crippen LogP contribution in [0.3, 0.4) is 0 Å². The summed E-state index contributed by atoms with van der Waals surface area (Å²) < 4.78 is 0. The van der Waals surface area contributed by atoms with E-state index in [2.05, 4.69) is 34.2 Å². The quantitative estimate of drug-likeness (QED) is 0.914. The van der Waals surface area contributed by atoms with Crippen LogP contribution in [0.25, 0.3) is 0 Å². The van der Waals surface area contributed by atoms with Gasteiger partial charge in [-0.25, -0.2) is 9.97 Å². The highest BCUT2D eigenvalue weighted by Gasteiger charge is 2.28. The van der Waals surface area contributed by atoms with Crippen LogP contribution in [0.2, 0.25) is 0 Å². The summed E-state index contributed by atoms with van der Waals surface area (Å²) in [5.74, 6) is 3.42. The van der Waals surface area contributed by atoms with Crippen molar-refractivity contribution in [2.75, 3.05) is 24.3 Å². The maximum absolute atomic E-state index is 4.79. The fourth-order valence-corrected chi connectivity index (χ4v) is 2.47. The average molecular weight is 283 g/mol. The molecule has 110 valence electrons. The topological polar surface area (TPSA) is 53.9 Å². The Morgan fingerprint density at radius 1 is 1.29 bits per heavy atom. The summed E-state index contributed by atoms with van der Waals surface area (Å²) in [5.41, 5.74) is 2.12. The third kappa shape index (κ3) is 2.96. The van der Waals surface area contributed by atoms with Crippen LogP contribution in [0, 0.1) is 6.92 Å². The highest BCUT2D eigenvalue weighted by molar-refractivity contribution is 5.58. The first kappa shape index (κ1) is 13.8. The van der Waals surface area contributed by atoms with Crippen LogP contribution in [0.1, 0.15) is 35.8 Å². The number of hydrogen-bond acceptors (Lipinski definition) is 5. The minimum atomic E-state index is 0.541. The Morgan fingerprint density at radius 2 is 2.10 bits per heavy atom. The van der Waals surface area contributed by atoms with E-state index in [1.165, 1.54) is 12.8 Å². The van der Waals surface area contributed by atoms with Gasteiger partial charge in [-0.1, -0.05) is 6.07 Å². The Hall–Kier alpha value is -2.17. The van der Waals surface area contributed by atoms with Gasteiger partial charge in [0.2, 0.25) is 0 Å². The second kappa shape index (κ2) is 5.68. The smallest absolute Gasteiger partial charge is 0.137 e. The van der Waals surface area contributed by atoms with Crippen LogP contribution < -0.4 is 10.2 Å². The predicted octanol–water partition coefficient (Wildman–Crippen LogP) is 2.74. The highest BCUT2D eigenvalue weighted by atomic mass is 15.2. The van der Waals surface area contributed by atoms with Crippen molar-refractivity contribution >= 4 is 11.6 Å². The van der Waals surface area contributed by atoms with Gasteiger partial charge in [0.15, 0.2) is 0 Å². The van der Waals surface area contributed by atoms with E-state index in [-0.39, 0.29) is 0 Å². The number of anilines is 2. The highest BCUT2D eigenvalue weighted by Crippen LogP contribution is 2.40. The van der Waals surface area contributed by atoms with Gasteiger partial charge in [0.25, 0.3) is 0 Å². The maximum Gasteiger partial charge on any atom is 0.137 e. The van der Waals surface area contributed by atoms with Crippen LogP contribution in [0.4, 0.5) is 11.6 Å². The largest absolute Gasteiger partial charge is 0.373 e. The molecule has 0 atom stereocenters. The monoisotopic (exact) mass is 283 g/mol. The summed E-state index contributed by atoms with van der Waals surface area (Å²) in [5, 5.41) is 3.18. The molecule has 1 N–H and O–H groups in total. The van der Waals surface area contributed by atoms with Gasteiger partial charge in [-0.2, -0.15) is 0 Å². The van der Waals surface area contributed by atoms with E-state index >= 15 is 0 Å². The van der Waals surface area contributed by atoms with E-state index in [0.29, 0.717) is 5.92 Å². The zero-order valence-corrected chi connectivity index (χ0v) is 12.8. The molecule has 2 heterocycles. The van der Waals surface area contributed by atoms with E-state index in [0.717, 1.165) is 35.3 Å². The van der Waals surface area contributed by atoms with Crippen LogP contribution in [-0.2, 0) is 6.54 Å².